The molecule has 1 amide bonds. The number of amides is 1. The van der Waals surface area contributed by atoms with Gasteiger partial charge in [0.1, 0.15) is 18.2 Å². The molecule has 12 heteroatoms. The molecule has 2 heterocycles. The first-order valence-electron chi connectivity index (χ1n) is 13.9. The summed E-state index contributed by atoms with van der Waals surface area (Å²) in [6.45, 7) is 1.00. The van der Waals surface area contributed by atoms with Gasteiger partial charge in [-0.25, -0.2) is 9.78 Å². The third-order valence-electron chi connectivity index (χ3n) is 7.05. The van der Waals surface area contributed by atoms with E-state index >= 15 is 0 Å². The maximum Gasteiger partial charge on any atom is 0.490 e. The Morgan fingerprint density at radius 3 is 2.51 bits per heavy atom. The third-order valence-corrected chi connectivity index (χ3v) is 7.05. The van der Waals surface area contributed by atoms with Gasteiger partial charge in [-0.2, -0.15) is 13.2 Å². The number of esters is 1. The average Bonchev–Trinajstić information content (AvgIpc) is 3.59. The highest BCUT2D eigenvalue weighted by Gasteiger charge is 2.41. The number of aromatic amines is 2. The molecule has 0 aliphatic rings. The second-order valence-electron chi connectivity index (χ2n) is 10.2. The number of hydrogen-bond donors (Lipinski definition) is 3. The van der Waals surface area contributed by atoms with Crippen molar-refractivity contribution in [1.82, 2.24) is 20.3 Å². The van der Waals surface area contributed by atoms with Crippen LogP contribution in [0.15, 0.2) is 54.7 Å². The van der Waals surface area contributed by atoms with Crippen molar-refractivity contribution in [3.63, 3.8) is 0 Å². The van der Waals surface area contributed by atoms with Gasteiger partial charge in [-0.1, -0.05) is 43.2 Å². The number of carbonyl (C=O) groups excluding carboxylic acids is 3. The van der Waals surface area contributed by atoms with Gasteiger partial charge in [0, 0.05) is 23.0 Å². The van der Waals surface area contributed by atoms with Gasteiger partial charge in [-0.15, -0.1) is 0 Å². The Balaban J connectivity index is 1.39. The molecule has 0 radical (unpaired) electrons. The second kappa shape index (κ2) is 14.0. The molecule has 0 spiro atoms. The van der Waals surface area contributed by atoms with Crippen LogP contribution in [-0.4, -0.2) is 52.5 Å². The molecule has 0 aliphatic carbocycles. The van der Waals surface area contributed by atoms with E-state index < -0.39 is 30.6 Å². The van der Waals surface area contributed by atoms with Gasteiger partial charge in [0.2, 0.25) is 5.91 Å². The van der Waals surface area contributed by atoms with Crippen molar-refractivity contribution in [3.8, 4) is 17.0 Å². The predicted molar refractivity (Wildman–Crippen MR) is 153 cm³/mol. The minimum Gasteiger partial charge on any atom is -0.497 e. The van der Waals surface area contributed by atoms with Crippen LogP contribution in [0.4, 0.5) is 13.2 Å². The highest BCUT2D eigenvalue weighted by molar-refractivity contribution is 5.91. The third kappa shape index (κ3) is 8.46. The number of H-pyrrole nitrogens is 2. The first-order chi connectivity index (χ1) is 20.5. The Kier molecular flexibility index (Phi) is 10.2. The van der Waals surface area contributed by atoms with E-state index in [0.717, 1.165) is 33.4 Å². The summed E-state index contributed by atoms with van der Waals surface area (Å²) in [5.41, 5.74) is 4.39. The van der Waals surface area contributed by atoms with Gasteiger partial charge >= 0.3 is 12.1 Å². The molecule has 2 aromatic heterocycles. The number of rotatable bonds is 14. The number of methoxy groups -OCH3 is 1. The normalized spacial score (nSPS) is 12.2. The second-order valence-corrected chi connectivity index (χ2v) is 10.2. The van der Waals surface area contributed by atoms with Crippen molar-refractivity contribution >= 4 is 28.6 Å². The topological polar surface area (TPSA) is 126 Å². The molecule has 9 nitrogen and oxygen atoms in total. The number of nitrogens with zero attached hydrogens (tertiary/aromatic N) is 1. The molecular formula is C31H33F3N4O5. The van der Waals surface area contributed by atoms with E-state index in [2.05, 4.69) is 25.0 Å². The lowest BCUT2D eigenvalue weighted by Gasteiger charge is -2.17. The highest BCUT2D eigenvalue weighted by Crippen LogP contribution is 2.28. The van der Waals surface area contributed by atoms with Gasteiger partial charge in [0.25, 0.3) is 0 Å². The molecule has 0 unspecified atom stereocenters. The zero-order valence-electron chi connectivity index (χ0n) is 23.8. The van der Waals surface area contributed by atoms with E-state index in [1.807, 2.05) is 55.5 Å². The molecule has 0 fully saturated rings. The van der Waals surface area contributed by atoms with Crippen LogP contribution >= 0.6 is 0 Å². The van der Waals surface area contributed by atoms with E-state index in [9.17, 15) is 27.6 Å². The minimum atomic E-state index is -5.13. The first kappa shape index (κ1) is 31.3. The molecule has 3 N–H and O–H groups in total. The van der Waals surface area contributed by atoms with E-state index in [1.165, 1.54) is 0 Å². The molecule has 4 aromatic rings. The fourth-order valence-electron chi connectivity index (χ4n) is 4.83. The van der Waals surface area contributed by atoms with Gasteiger partial charge in [0.15, 0.2) is 5.78 Å². The van der Waals surface area contributed by atoms with Crippen molar-refractivity contribution in [2.45, 2.75) is 57.7 Å². The standard InChI is InChI=1S/C31H33F3N4O5/c1-19-23(24-15-22(42-2)13-14-25(24)36-19)16-28(40)37-26(29-35-17-27(38-29)20-9-5-3-6-10-20)12-8-4-7-11-21(39)18-43-30(41)31(32,33)34/h3,5-6,9-10,13-15,17,26,36H,4,7-8,11-12,16,18H2,1-2H3,(H,35,38)(H,37,40)/t26-/m0/s1. The number of hydrogen-bond acceptors (Lipinski definition) is 6. The van der Waals surface area contributed by atoms with Crippen LogP contribution in [0.3, 0.4) is 0 Å². The number of carbonyl (C=O) groups is 3. The number of Topliss-reactive ketones (excluding diaryl/α,β-unsaturated/α-hetero) is 1. The molecule has 2 aromatic carbocycles. The lowest BCUT2D eigenvalue weighted by molar-refractivity contribution is -0.199. The average molecular weight is 599 g/mol. The fraction of sp³-hybridized carbons (Fsp3) is 0.355. The van der Waals surface area contributed by atoms with Crippen LogP contribution in [0.2, 0.25) is 0 Å². The maximum atomic E-state index is 13.3. The van der Waals surface area contributed by atoms with E-state index in [4.69, 9.17) is 4.74 Å². The van der Waals surface area contributed by atoms with Crippen LogP contribution in [0.25, 0.3) is 22.2 Å². The Bertz CT molecular complexity index is 1560. The number of ether oxygens (including phenoxy) is 2. The smallest absolute Gasteiger partial charge is 0.490 e. The number of nitrogens with one attached hydrogen (secondary N) is 3. The zero-order chi connectivity index (χ0) is 31.0. The van der Waals surface area contributed by atoms with Crippen molar-refractivity contribution in [1.29, 1.82) is 0 Å². The fourth-order valence-corrected chi connectivity index (χ4v) is 4.83. The SMILES string of the molecule is COc1ccc2[nH]c(C)c(CC(=O)N[C@@H](CCCCCC(=O)COC(=O)C(F)(F)F)c3ncc(-c4ccccc4)[nH]3)c2c1. The van der Waals surface area contributed by atoms with Gasteiger partial charge < -0.3 is 24.8 Å². The van der Waals surface area contributed by atoms with E-state index in [-0.39, 0.29) is 18.7 Å². The summed E-state index contributed by atoms with van der Waals surface area (Å²) in [4.78, 5) is 47.1. The predicted octanol–water partition coefficient (Wildman–Crippen LogP) is 5.90. The number of benzene rings is 2. The monoisotopic (exact) mass is 598 g/mol. The van der Waals surface area contributed by atoms with Crippen molar-refractivity contribution in [2.24, 2.45) is 0 Å². The van der Waals surface area contributed by atoms with Crippen LogP contribution in [0.5, 0.6) is 5.75 Å². The summed E-state index contributed by atoms with van der Waals surface area (Å²) in [6.07, 6.45) is -1.24. The molecule has 0 aliphatic heterocycles. The molecule has 0 saturated carbocycles. The summed E-state index contributed by atoms with van der Waals surface area (Å²) in [5, 5.41) is 4.00. The molecule has 4 rings (SSSR count). The van der Waals surface area contributed by atoms with Crippen molar-refractivity contribution in [2.75, 3.05) is 13.7 Å². The highest BCUT2D eigenvalue weighted by atomic mass is 19.4. The van der Waals surface area contributed by atoms with Gasteiger partial charge in [0.05, 0.1) is 31.5 Å². The van der Waals surface area contributed by atoms with Gasteiger partial charge in [-0.05, 0) is 49.1 Å². The maximum absolute atomic E-state index is 13.3. The van der Waals surface area contributed by atoms with Crippen LogP contribution in [0.1, 0.15) is 55.2 Å². The van der Waals surface area contributed by atoms with Crippen LogP contribution in [-0.2, 0) is 25.5 Å². The number of aryl methyl sites for hydroxylation is 1. The number of unbranched alkanes of at least 4 members (excludes halogenated alkanes) is 2. The summed E-state index contributed by atoms with van der Waals surface area (Å²) < 4.78 is 46.1. The quantitative estimate of drug-likeness (QED) is 0.123. The number of ketones is 1. The minimum absolute atomic E-state index is 0.0234. The number of alkyl halides is 3. The molecular weight excluding hydrogens is 565 g/mol. The largest absolute Gasteiger partial charge is 0.497 e. The summed E-state index contributed by atoms with van der Waals surface area (Å²) >= 11 is 0. The lowest BCUT2D eigenvalue weighted by Crippen LogP contribution is -2.30. The number of fused-ring (bicyclic) bond motifs is 1. The Labute approximate surface area is 246 Å². The molecule has 0 bridgehead atoms. The Morgan fingerprint density at radius 1 is 1.02 bits per heavy atom. The summed E-state index contributed by atoms with van der Waals surface area (Å²) in [7, 11) is 1.59. The molecule has 1 atom stereocenters. The number of aromatic nitrogens is 3. The van der Waals surface area contributed by atoms with E-state index in [1.54, 1.807) is 13.3 Å². The molecule has 0 saturated heterocycles. The summed E-state index contributed by atoms with van der Waals surface area (Å²) in [6, 6.07) is 14.8. The number of imidazole rings is 1. The zero-order valence-corrected chi connectivity index (χ0v) is 23.8. The number of halogens is 3. The first-order valence-corrected chi connectivity index (χ1v) is 13.9. The van der Waals surface area contributed by atoms with Crippen molar-refractivity contribution < 1.29 is 37.0 Å². The Hall–Kier alpha value is -4.61. The van der Waals surface area contributed by atoms with Crippen molar-refractivity contribution in [3.05, 3.63) is 71.8 Å². The Morgan fingerprint density at radius 2 is 1.79 bits per heavy atom. The lowest BCUT2D eigenvalue weighted by atomic mass is 10.0. The molecule has 43 heavy (non-hydrogen) atoms. The van der Waals surface area contributed by atoms with Crippen LogP contribution < -0.4 is 10.1 Å². The summed E-state index contributed by atoms with van der Waals surface area (Å²) in [5.74, 6) is -1.90. The molecule has 228 valence electrons. The van der Waals surface area contributed by atoms with Gasteiger partial charge in [-0.3, -0.25) is 9.59 Å². The van der Waals surface area contributed by atoms with E-state index in [0.29, 0.717) is 37.3 Å². The van der Waals surface area contributed by atoms with Crippen LogP contribution in [0, 0.1) is 6.92 Å².